The summed E-state index contributed by atoms with van der Waals surface area (Å²) >= 11 is 0. The summed E-state index contributed by atoms with van der Waals surface area (Å²) in [5.41, 5.74) is 1.95. The zero-order valence-corrected chi connectivity index (χ0v) is 21.8. The second kappa shape index (κ2) is 11.1. The first-order chi connectivity index (χ1) is 18.6. The molecule has 2 fully saturated rings. The molecule has 2 aliphatic rings. The van der Waals surface area contributed by atoms with E-state index in [-0.39, 0.29) is 5.91 Å². The molecule has 2 amide bonds. The molecule has 0 radical (unpaired) electrons. The van der Waals surface area contributed by atoms with Crippen LogP contribution in [0, 0.1) is 5.92 Å². The van der Waals surface area contributed by atoms with Crippen molar-refractivity contribution in [3.8, 4) is 17.2 Å². The van der Waals surface area contributed by atoms with Crippen molar-refractivity contribution in [3.05, 3.63) is 78.4 Å². The third-order valence-electron chi connectivity index (χ3n) is 6.82. The number of benzene rings is 3. The van der Waals surface area contributed by atoms with Crippen molar-refractivity contribution < 1.29 is 28.6 Å². The number of nitrogens with zero attached hydrogens (tertiary/aromatic N) is 2. The maximum Gasteiger partial charge on any atom is 0.266 e. The number of para-hydroxylation sites is 3. The van der Waals surface area contributed by atoms with Gasteiger partial charge in [-0.15, -0.1) is 0 Å². The highest BCUT2D eigenvalue weighted by molar-refractivity contribution is 6.24. The zero-order valence-electron chi connectivity index (χ0n) is 21.8. The first kappa shape index (κ1) is 25.6. The minimum Gasteiger partial charge on any atom is -0.493 e. The van der Waals surface area contributed by atoms with E-state index in [1.54, 1.807) is 30.4 Å². The van der Waals surface area contributed by atoms with Gasteiger partial charge in [-0.1, -0.05) is 49.7 Å². The van der Waals surface area contributed by atoms with Crippen molar-refractivity contribution in [2.24, 2.45) is 5.92 Å². The lowest BCUT2D eigenvalue weighted by atomic mass is 9.90. The van der Waals surface area contributed by atoms with Crippen LogP contribution in [-0.2, 0) is 14.4 Å². The molecule has 38 heavy (non-hydrogen) atoms. The standard InChI is InChI=1S/C30H32N2O6/c1-4-6-18-37-24-17-16-20(19-25(24)35-3)27-26-28(38-32(27)21-12-8-7-9-13-21)30(34)31(29(26)33)22-14-10-11-15-23(22)36-5-2/h7-17,19,26-28H,4-6,18H2,1-3H3/t26-,27+,28-/m1/s1. The van der Waals surface area contributed by atoms with Crippen LogP contribution in [0.2, 0.25) is 0 Å². The lowest BCUT2D eigenvalue weighted by molar-refractivity contribution is -0.126. The Labute approximate surface area is 222 Å². The molecular formula is C30H32N2O6. The van der Waals surface area contributed by atoms with Crippen LogP contribution in [0.5, 0.6) is 17.2 Å². The van der Waals surface area contributed by atoms with Gasteiger partial charge < -0.3 is 14.2 Å². The quantitative estimate of drug-likeness (QED) is 0.266. The third-order valence-corrected chi connectivity index (χ3v) is 6.82. The topological polar surface area (TPSA) is 77.5 Å². The van der Waals surface area contributed by atoms with Crippen molar-refractivity contribution in [1.29, 1.82) is 0 Å². The van der Waals surface area contributed by atoms with E-state index in [0.29, 0.717) is 36.1 Å². The Balaban J connectivity index is 1.55. The van der Waals surface area contributed by atoms with Gasteiger partial charge in [0.1, 0.15) is 11.7 Å². The maximum atomic E-state index is 14.0. The van der Waals surface area contributed by atoms with Crippen molar-refractivity contribution in [1.82, 2.24) is 0 Å². The fourth-order valence-electron chi connectivity index (χ4n) is 5.02. The molecule has 0 aliphatic carbocycles. The van der Waals surface area contributed by atoms with E-state index in [2.05, 4.69) is 6.92 Å². The molecule has 0 bridgehead atoms. The highest BCUT2D eigenvalue weighted by Crippen LogP contribution is 2.49. The van der Waals surface area contributed by atoms with Crippen LogP contribution >= 0.6 is 0 Å². The number of anilines is 2. The molecule has 0 saturated carbocycles. The highest BCUT2D eigenvalue weighted by atomic mass is 16.7. The lowest BCUT2D eigenvalue weighted by Crippen LogP contribution is -2.37. The first-order valence-electron chi connectivity index (χ1n) is 13.0. The number of carbonyl (C=O) groups is 2. The molecule has 2 heterocycles. The van der Waals surface area contributed by atoms with E-state index in [0.717, 1.165) is 24.1 Å². The summed E-state index contributed by atoms with van der Waals surface area (Å²) in [7, 11) is 1.59. The van der Waals surface area contributed by atoms with Gasteiger partial charge in [0.15, 0.2) is 17.6 Å². The molecule has 2 aliphatic heterocycles. The predicted octanol–water partition coefficient (Wildman–Crippen LogP) is 5.32. The van der Waals surface area contributed by atoms with Gasteiger partial charge in [-0.05, 0) is 55.3 Å². The SMILES string of the molecule is CCCCOc1ccc([C@H]2[C@H]3C(=O)N(c4ccccc4OCC)C(=O)[C@@H]3ON2c2ccccc2)cc1OC. The molecule has 3 aromatic rings. The van der Waals surface area contributed by atoms with Crippen LogP contribution in [0.15, 0.2) is 72.8 Å². The molecule has 0 N–H and O–H groups in total. The van der Waals surface area contributed by atoms with Crippen LogP contribution in [0.25, 0.3) is 0 Å². The number of carbonyl (C=O) groups excluding carboxylic acids is 2. The zero-order chi connectivity index (χ0) is 26.6. The van der Waals surface area contributed by atoms with Gasteiger partial charge in [0, 0.05) is 0 Å². The van der Waals surface area contributed by atoms with Gasteiger partial charge in [-0.25, -0.2) is 9.96 Å². The Morgan fingerprint density at radius 3 is 2.34 bits per heavy atom. The van der Waals surface area contributed by atoms with E-state index in [1.165, 1.54) is 4.90 Å². The second-order valence-corrected chi connectivity index (χ2v) is 9.18. The molecule has 2 saturated heterocycles. The smallest absolute Gasteiger partial charge is 0.266 e. The Morgan fingerprint density at radius 2 is 1.61 bits per heavy atom. The number of fused-ring (bicyclic) bond motifs is 1. The Bertz CT molecular complexity index is 1300. The highest BCUT2D eigenvalue weighted by Gasteiger charge is 2.60. The number of hydrogen-bond acceptors (Lipinski definition) is 7. The first-order valence-corrected chi connectivity index (χ1v) is 13.0. The summed E-state index contributed by atoms with van der Waals surface area (Å²) in [6, 6.07) is 21.6. The number of imide groups is 1. The Hall–Kier alpha value is -4.04. The normalized spacial score (nSPS) is 20.6. The minimum atomic E-state index is -0.978. The molecule has 0 unspecified atom stereocenters. The van der Waals surface area contributed by atoms with E-state index in [9.17, 15) is 9.59 Å². The largest absolute Gasteiger partial charge is 0.493 e. The summed E-state index contributed by atoms with van der Waals surface area (Å²) in [5, 5.41) is 1.67. The summed E-state index contributed by atoms with van der Waals surface area (Å²) in [6.45, 7) is 4.96. The summed E-state index contributed by atoms with van der Waals surface area (Å²) in [5.74, 6) is 0.148. The van der Waals surface area contributed by atoms with Gasteiger partial charge in [0.05, 0.1) is 37.7 Å². The predicted molar refractivity (Wildman–Crippen MR) is 144 cm³/mol. The van der Waals surface area contributed by atoms with Crippen molar-refractivity contribution in [3.63, 3.8) is 0 Å². The molecule has 5 rings (SSSR count). The fraction of sp³-hybridized carbons (Fsp3) is 0.333. The van der Waals surface area contributed by atoms with Crippen LogP contribution in [0.1, 0.15) is 38.3 Å². The molecule has 3 atom stereocenters. The summed E-state index contributed by atoms with van der Waals surface area (Å²) in [4.78, 5) is 35.2. The fourth-order valence-corrected chi connectivity index (χ4v) is 5.02. The van der Waals surface area contributed by atoms with E-state index >= 15 is 0 Å². The van der Waals surface area contributed by atoms with Gasteiger partial charge >= 0.3 is 0 Å². The monoisotopic (exact) mass is 516 g/mol. The number of methoxy groups -OCH3 is 1. The molecular weight excluding hydrogens is 484 g/mol. The minimum absolute atomic E-state index is 0.335. The molecule has 198 valence electrons. The van der Waals surface area contributed by atoms with Crippen molar-refractivity contribution in [2.45, 2.75) is 38.8 Å². The van der Waals surface area contributed by atoms with Crippen LogP contribution in [0.3, 0.4) is 0 Å². The molecule has 8 nitrogen and oxygen atoms in total. The van der Waals surface area contributed by atoms with Crippen LogP contribution in [0.4, 0.5) is 11.4 Å². The lowest BCUT2D eigenvalue weighted by Gasteiger charge is -2.29. The van der Waals surface area contributed by atoms with Gasteiger partial charge in [0.2, 0.25) is 5.91 Å². The van der Waals surface area contributed by atoms with Gasteiger partial charge in [0.25, 0.3) is 5.91 Å². The number of unbranched alkanes of at least 4 members (excludes halogenated alkanes) is 1. The Morgan fingerprint density at radius 1 is 0.842 bits per heavy atom. The van der Waals surface area contributed by atoms with Gasteiger partial charge in [-0.3, -0.25) is 14.4 Å². The molecule has 3 aromatic carbocycles. The average molecular weight is 517 g/mol. The number of hydroxylamine groups is 1. The number of hydrogen-bond donors (Lipinski definition) is 0. The summed E-state index contributed by atoms with van der Waals surface area (Å²) in [6.07, 6.45) is 0.977. The molecule has 0 aromatic heterocycles. The maximum absolute atomic E-state index is 14.0. The van der Waals surface area contributed by atoms with Crippen molar-refractivity contribution >= 4 is 23.2 Å². The number of amides is 2. The van der Waals surface area contributed by atoms with Crippen LogP contribution < -0.4 is 24.2 Å². The average Bonchev–Trinajstić information content (AvgIpc) is 3.45. The Kier molecular flexibility index (Phi) is 7.51. The number of ether oxygens (including phenoxy) is 3. The van der Waals surface area contributed by atoms with E-state index < -0.39 is 24.0 Å². The van der Waals surface area contributed by atoms with Crippen molar-refractivity contribution in [2.75, 3.05) is 30.3 Å². The van der Waals surface area contributed by atoms with E-state index in [4.69, 9.17) is 19.0 Å². The third kappa shape index (κ3) is 4.56. The summed E-state index contributed by atoms with van der Waals surface area (Å²) < 4.78 is 17.3. The number of rotatable bonds is 10. The second-order valence-electron chi connectivity index (χ2n) is 9.18. The molecule has 8 heteroatoms. The van der Waals surface area contributed by atoms with E-state index in [1.807, 2.05) is 61.5 Å². The molecule has 0 spiro atoms. The van der Waals surface area contributed by atoms with Crippen LogP contribution in [-0.4, -0.2) is 38.2 Å². The van der Waals surface area contributed by atoms with Gasteiger partial charge in [-0.2, -0.15) is 0 Å².